The quantitative estimate of drug-likeness (QED) is 0.679. The number of nitrogens with two attached hydrogens (primary N) is 1. The maximum atomic E-state index is 13.3. The van der Waals surface area contributed by atoms with Gasteiger partial charge < -0.3 is 15.8 Å². The lowest BCUT2D eigenvalue weighted by molar-refractivity contribution is 0.401. The molecule has 7 nitrogen and oxygen atoms in total. The van der Waals surface area contributed by atoms with Crippen LogP contribution in [0.1, 0.15) is 29.9 Å². The fourth-order valence-corrected chi connectivity index (χ4v) is 3.99. The number of nitrogens with zero attached hydrogens (tertiary/aromatic N) is 4. The number of aromatic nitrogens is 4. The molecule has 3 unspecified atom stereocenters. The second-order valence-corrected chi connectivity index (χ2v) is 7.06. The van der Waals surface area contributed by atoms with Crippen molar-refractivity contribution in [3.63, 3.8) is 0 Å². The molecule has 1 heterocycles. The van der Waals surface area contributed by atoms with E-state index in [2.05, 4.69) is 20.8 Å². The van der Waals surface area contributed by atoms with E-state index >= 15 is 0 Å². The molecule has 3 atom stereocenters. The lowest BCUT2D eigenvalue weighted by atomic mass is 9.91. The molecule has 0 bridgehead atoms. The molecular formula is C20H23FN6O. The zero-order valence-corrected chi connectivity index (χ0v) is 15.6. The van der Waals surface area contributed by atoms with Crippen molar-refractivity contribution in [2.24, 2.45) is 5.73 Å². The number of hydrogen-bond donors (Lipinski definition) is 2. The van der Waals surface area contributed by atoms with Crippen LogP contribution in [0.2, 0.25) is 0 Å². The van der Waals surface area contributed by atoms with Gasteiger partial charge in [-0.05, 0) is 59.2 Å². The second-order valence-electron chi connectivity index (χ2n) is 7.06. The highest BCUT2D eigenvalue weighted by molar-refractivity contribution is 5.43. The van der Waals surface area contributed by atoms with Crippen molar-refractivity contribution in [1.29, 1.82) is 0 Å². The van der Waals surface area contributed by atoms with Crippen LogP contribution < -0.4 is 15.8 Å². The first kappa shape index (κ1) is 18.5. The average molecular weight is 382 g/mol. The summed E-state index contributed by atoms with van der Waals surface area (Å²) in [6.45, 7) is 0.619. The van der Waals surface area contributed by atoms with Crippen molar-refractivity contribution in [3.8, 4) is 11.4 Å². The number of methoxy groups -OCH3 is 1. The summed E-state index contributed by atoms with van der Waals surface area (Å²) in [4.78, 5) is 0. The Labute approximate surface area is 162 Å². The summed E-state index contributed by atoms with van der Waals surface area (Å²) in [6, 6.07) is 12.7. The molecule has 0 aliphatic heterocycles. The molecule has 0 amide bonds. The Morgan fingerprint density at radius 2 is 2.04 bits per heavy atom. The van der Waals surface area contributed by atoms with Gasteiger partial charge in [-0.1, -0.05) is 12.1 Å². The number of rotatable bonds is 6. The fraction of sp³-hybridized carbons (Fsp3) is 0.350. The molecule has 0 saturated heterocycles. The largest absolute Gasteiger partial charge is 0.496 e. The van der Waals surface area contributed by atoms with Gasteiger partial charge in [-0.15, -0.1) is 5.10 Å². The minimum Gasteiger partial charge on any atom is -0.496 e. The Kier molecular flexibility index (Phi) is 5.31. The molecule has 2 aromatic carbocycles. The van der Waals surface area contributed by atoms with E-state index in [4.69, 9.17) is 10.5 Å². The lowest BCUT2D eigenvalue weighted by Crippen LogP contribution is -2.36. The van der Waals surface area contributed by atoms with Gasteiger partial charge in [0.2, 0.25) is 0 Å². The van der Waals surface area contributed by atoms with Gasteiger partial charge in [-0.3, -0.25) is 0 Å². The maximum absolute atomic E-state index is 13.3. The SMILES string of the molecule is COc1ccc(-n2cnnn2)cc1CNC1CCC(N)C1c1ccc(F)cc1. The van der Waals surface area contributed by atoms with Crippen LogP contribution in [0.4, 0.5) is 4.39 Å². The molecule has 0 spiro atoms. The van der Waals surface area contributed by atoms with Crippen molar-refractivity contribution in [1.82, 2.24) is 25.5 Å². The Hall–Kier alpha value is -2.84. The summed E-state index contributed by atoms with van der Waals surface area (Å²) in [6.07, 6.45) is 3.46. The van der Waals surface area contributed by atoms with Crippen molar-refractivity contribution < 1.29 is 9.13 Å². The number of nitrogens with one attached hydrogen (secondary N) is 1. The molecule has 1 fully saturated rings. The van der Waals surface area contributed by atoms with Crippen LogP contribution in [0.5, 0.6) is 5.75 Å². The number of ether oxygens (including phenoxy) is 1. The van der Waals surface area contributed by atoms with Crippen LogP contribution in [0, 0.1) is 5.82 Å². The Morgan fingerprint density at radius 1 is 1.21 bits per heavy atom. The summed E-state index contributed by atoms with van der Waals surface area (Å²) >= 11 is 0. The minimum atomic E-state index is -0.232. The molecule has 1 aromatic heterocycles. The van der Waals surface area contributed by atoms with E-state index in [-0.39, 0.29) is 23.8 Å². The lowest BCUT2D eigenvalue weighted by Gasteiger charge is -2.25. The fourth-order valence-electron chi connectivity index (χ4n) is 3.99. The summed E-state index contributed by atoms with van der Waals surface area (Å²) in [7, 11) is 1.66. The van der Waals surface area contributed by atoms with Crippen LogP contribution in [-0.4, -0.2) is 39.4 Å². The topological polar surface area (TPSA) is 90.9 Å². The number of tetrazole rings is 1. The normalized spacial score (nSPS) is 21.8. The van der Waals surface area contributed by atoms with Crippen LogP contribution >= 0.6 is 0 Å². The van der Waals surface area contributed by atoms with Gasteiger partial charge in [0, 0.05) is 30.1 Å². The molecule has 0 radical (unpaired) electrons. The van der Waals surface area contributed by atoms with Crippen molar-refractivity contribution in [2.75, 3.05) is 7.11 Å². The molecule has 146 valence electrons. The van der Waals surface area contributed by atoms with E-state index in [1.807, 2.05) is 30.3 Å². The van der Waals surface area contributed by atoms with Gasteiger partial charge in [-0.2, -0.15) is 0 Å². The van der Waals surface area contributed by atoms with Crippen LogP contribution in [0.3, 0.4) is 0 Å². The standard InChI is InChI=1S/C20H23FN6O/c1-28-19-9-6-16(27-12-24-25-26-27)10-14(19)11-23-18-8-7-17(22)20(18)13-2-4-15(21)5-3-13/h2-6,9-10,12,17-18,20,23H,7-8,11,22H2,1H3. The van der Waals surface area contributed by atoms with Gasteiger partial charge in [0.25, 0.3) is 0 Å². The van der Waals surface area contributed by atoms with Gasteiger partial charge in [0.1, 0.15) is 17.9 Å². The average Bonchev–Trinajstić information content (AvgIpc) is 3.37. The Bertz CT molecular complexity index is 915. The highest BCUT2D eigenvalue weighted by Gasteiger charge is 2.34. The van der Waals surface area contributed by atoms with Gasteiger partial charge in [0.05, 0.1) is 12.8 Å². The summed E-state index contributed by atoms with van der Waals surface area (Å²) in [5.74, 6) is 0.711. The van der Waals surface area contributed by atoms with E-state index < -0.39 is 0 Å². The monoisotopic (exact) mass is 382 g/mol. The first-order valence-electron chi connectivity index (χ1n) is 9.30. The highest BCUT2D eigenvalue weighted by Crippen LogP contribution is 2.34. The van der Waals surface area contributed by atoms with Gasteiger partial charge in [-0.25, -0.2) is 9.07 Å². The molecule has 8 heteroatoms. The van der Waals surface area contributed by atoms with Crippen molar-refractivity contribution >= 4 is 0 Å². The van der Waals surface area contributed by atoms with Crippen LogP contribution in [0.25, 0.3) is 5.69 Å². The molecule has 3 N–H and O–H groups in total. The highest BCUT2D eigenvalue weighted by atomic mass is 19.1. The van der Waals surface area contributed by atoms with Gasteiger partial charge >= 0.3 is 0 Å². The smallest absolute Gasteiger partial charge is 0.143 e. The third-order valence-electron chi connectivity index (χ3n) is 5.39. The van der Waals surface area contributed by atoms with Crippen molar-refractivity contribution in [2.45, 2.75) is 37.4 Å². The Balaban J connectivity index is 1.53. The summed E-state index contributed by atoms with van der Waals surface area (Å²) in [5.41, 5.74) is 9.31. The molecule has 1 aliphatic rings. The van der Waals surface area contributed by atoms with E-state index in [9.17, 15) is 4.39 Å². The summed E-state index contributed by atoms with van der Waals surface area (Å²) in [5, 5.41) is 14.9. The first-order valence-corrected chi connectivity index (χ1v) is 9.30. The number of halogens is 1. The van der Waals surface area contributed by atoms with Crippen LogP contribution in [-0.2, 0) is 6.54 Å². The number of hydrogen-bond acceptors (Lipinski definition) is 6. The molecule has 28 heavy (non-hydrogen) atoms. The molecular weight excluding hydrogens is 359 g/mol. The zero-order chi connectivity index (χ0) is 19.5. The predicted octanol–water partition coefficient (Wildman–Crippen LogP) is 2.17. The van der Waals surface area contributed by atoms with Crippen LogP contribution in [0.15, 0.2) is 48.8 Å². The van der Waals surface area contributed by atoms with Gasteiger partial charge in [0.15, 0.2) is 0 Å². The molecule has 1 aliphatic carbocycles. The van der Waals surface area contributed by atoms with E-state index in [0.717, 1.165) is 35.4 Å². The predicted molar refractivity (Wildman–Crippen MR) is 103 cm³/mol. The third kappa shape index (κ3) is 3.74. The summed E-state index contributed by atoms with van der Waals surface area (Å²) < 4.78 is 20.4. The van der Waals surface area contributed by atoms with Crippen molar-refractivity contribution in [3.05, 3.63) is 65.7 Å². The maximum Gasteiger partial charge on any atom is 0.143 e. The zero-order valence-electron chi connectivity index (χ0n) is 15.6. The minimum absolute atomic E-state index is 0.0532. The molecule has 1 saturated carbocycles. The van der Waals surface area contributed by atoms with E-state index in [1.54, 1.807) is 18.1 Å². The Morgan fingerprint density at radius 3 is 2.75 bits per heavy atom. The first-order chi connectivity index (χ1) is 13.7. The van der Waals surface area contributed by atoms with E-state index in [1.165, 1.54) is 12.1 Å². The molecule has 4 rings (SSSR count). The third-order valence-corrected chi connectivity index (χ3v) is 5.39. The number of benzene rings is 2. The van der Waals surface area contributed by atoms with E-state index in [0.29, 0.717) is 6.54 Å². The second kappa shape index (κ2) is 8.04. The molecule has 3 aromatic rings.